The van der Waals surface area contributed by atoms with Crippen molar-refractivity contribution in [2.45, 2.75) is 39.3 Å². The lowest BCUT2D eigenvalue weighted by atomic mass is 9.98. The van der Waals surface area contributed by atoms with E-state index in [9.17, 15) is 14.4 Å². The third kappa shape index (κ3) is 3.02. The summed E-state index contributed by atoms with van der Waals surface area (Å²) in [6, 6.07) is -1.48. The molecule has 3 amide bonds. The molecule has 0 aromatic rings. The van der Waals surface area contributed by atoms with Gasteiger partial charge in [-0.05, 0) is 19.8 Å². The lowest BCUT2D eigenvalue weighted by molar-refractivity contribution is -0.144. The maximum Gasteiger partial charge on any atom is 0.326 e. The Kier molecular flexibility index (Phi) is 4.62. The van der Waals surface area contributed by atoms with Crippen LogP contribution >= 0.6 is 0 Å². The Morgan fingerprint density at radius 3 is 2.30 bits per heavy atom. The van der Waals surface area contributed by atoms with E-state index in [-0.39, 0.29) is 11.8 Å². The molecular weight excluding hydrogens is 262 g/mol. The van der Waals surface area contributed by atoms with Crippen molar-refractivity contribution in [1.82, 2.24) is 15.1 Å². The second-order valence-corrected chi connectivity index (χ2v) is 5.95. The van der Waals surface area contributed by atoms with Crippen molar-refractivity contribution < 1.29 is 19.5 Å². The molecule has 0 unspecified atom stereocenters. The van der Waals surface area contributed by atoms with Crippen molar-refractivity contribution in [3.63, 3.8) is 0 Å². The van der Waals surface area contributed by atoms with Gasteiger partial charge in [0.2, 0.25) is 5.91 Å². The number of hydrogen-bond acceptors (Lipinski definition) is 3. The number of carboxylic acids is 1. The van der Waals surface area contributed by atoms with Gasteiger partial charge in [-0.15, -0.1) is 0 Å². The molecule has 1 atom stereocenters. The molecule has 1 saturated heterocycles. The lowest BCUT2D eigenvalue weighted by Crippen LogP contribution is -2.66. The van der Waals surface area contributed by atoms with Crippen LogP contribution < -0.4 is 5.32 Å². The van der Waals surface area contributed by atoms with Gasteiger partial charge in [-0.25, -0.2) is 9.59 Å². The van der Waals surface area contributed by atoms with Gasteiger partial charge in [-0.3, -0.25) is 4.79 Å². The second-order valence-electron chi connectivity index (χ2n) is 5.95. The van der Waals surface area contributed by atoms with E-state index in [1.54, 1.807) is 39.6 Å². The molecule has 7 nitrogen and oxygen atoms in total. The van der Waals surface area contributed by atoms with Crippen LogP contribution in [0.5, 0.6) is 0 Å². The molecule has 0 radical (unpaired) electrons. The van der Waals surface area contributed by atoms with Crippen LogP contribution in [0, 0.1) is 5.92 Å². The van der Waals surface area contributed by atoms with Crippen LogP contribution in [-0.4, -0.2) is 64.5 Å². The largest absolute Gasteiger partial charge is 0.480 e. The van der Waals surface area contributed by atoms with Gasteiger partial charge in [-0.1, -0.05) is 13.8 Å². The first kappa shape index (κ1) is 16.3. The average Bonchev–Trinajstić information content (AvgIpc) is 2.32. The topological polar surface area (TPSA) is 90.0 Å². The maximum absolute atomic E-state index is 12.3. The minimum atomic E-state index is -1.08. The van der Waals surface area contributed by atoms with E-state index >= 15 is 0 Å². The van der Waals surface area contributed by atoms with E-state index in [4.69, 9.17) is 5.11 Å². The summed E-state index contributed by atoms with van der Waals surface area (Å²) >= 11 is 0. The highest BCUT2D eigenvalue weighted by Gasteiger charge is 2.43. The molecule has 7 heteroatoms. The third-order valence-electron chi connectivity index (χ3n) is 3.66. The summed E-state index contributed by atoms with van der Waals surface area (Å²) in [6.45, 7) is 7.59. The molecule has 1 fully saturated rings. The molecule has 0 aliphatic carbocycles. The Labute approximate surface area is 118 Å². The van der Waals surface area contributed by atoms with Gasteiger partial charge >= 0.3 is 12.0 Å². The number of rotatable bonds is 3. The van der Waals surface area contributed by atoms with E-state index in [2.05, 4.69) is 5.32 Å². The molecule has 2 N–H and O–H groups in total. The van der Waals surface area contributed by atoms with Gasteiger partial charge in [0, 0.05) is 20.1 Å². The molecule has 20 heavy (non-hydrogen) atoms. The van der Waals surface area contributed by atoms with Crippen molar-refractivity contribution in [3.8, 4) is 0 Å². The minimum Gasteiger partial charge on any atom is -0.480 e. The molecule has 0 saturated carbocycles. The monoisotopic (exact) mass is 285 g/mol. The highest BCUT2D eigenvalue weighted by Crippen LogP contribution is 2.22. The number of likely N-dealkylation sites (N-methyl/N-ethyl adjacent to an activating group) is 1. The summed E-state index contributed by atoms with van der Waals surface area (Å²) in [6.07, 6.45) is 0. The molecule has 1 aliphatic rings. The van der Waals surface area contributed by atoms with Crippen molar-refractivity contribution in [2.24, 2.45) is 5.92 Å². The number of carbonyl (C=O) groups excluding carboxylic acids is 2. The van der Waals surface area contributed by atoms with Gasteiger partial charge in [0.1, 0.15) is 11.6 Å². The zero-order valence-electron chi connectivity index (χ0n) is 12.6. The van der Waals surface area contributed by atoms with Gasteiger partial charge in [-0.2, -0.15) is 0 Å². The Morgan fingerprint density at radius 1 is 1.30 bits per heavy atom. The van der Waals surface area contributed by atoms with Crippen molar-refractivity contribution in [3.05, 3.63) is 0 Å². The predicted octanol–water partition coefficient (Wildman–Crippen LogP) is 0.358. The van der Waals surface area contributed by atoms with E-state index in [1.807, 2.05) is 0 Å². The number of piperazine rings is 1. The Balaban J connectivity index is 2.86. The van der Waals surface area contributed by atoms with Gasteiger partial charge in [0.25, 0.3) is 0 Å². The Bertz CT molecular complexity index is 420. The second kappa shape index (κ2) is 5.68. The SMILES string of the molecule is CC(C)[C@H](NC(=O)N1CCN(C)C(=O)C1(C)C)C(=O)O. The van der Waals surface area contributed by atoms with Crippen LogP contribution in [0.15, 0.2) is 0 Å². The number of amides is 3. The first-order chi connectivity index (χ1) is 9.09. The van der Waals surface area contributed by atoms with Gasteiger partial charge in [0.05, 0.1) is 0 Å². The highest BCUT2D eigenvalue weighted by atomic mass is 16.4. The molecule has 1 heterocycles. The number of nitrogens with zero attached hydrogens (tertiary/aromatic N) is 2. The van der Waals surface area contributed by atoms with E-state index in [1.165, 1.54) is 4.90 Å². The molecule has 1 aliphatic heterocycles. The average molecular weight is 285 g/mol. The summed E-state index contributed by atoms with van der Waals surface area (Å²) in [5, 5.41) is 11.6. The molecular formula is C13H23N3O4. The van der Waals surface area contributed by atoms with E-state index in [0.29, 0.717) is 13.1 Å². The summed E-state index contributed by atoms with van der Waals surface area (Å²) < 4.78 is 0. The summed E-state index contributed by atoms with van der Waals surface area (Å²) in [5.74, 6) is -1.47. The van der Waals surface area contributed by atoms with Gasteiger partial charge < -0.3 is 20.2 Å². The van der Waals surface area contributed by atoms with E-state index < -0.39 is 23.6 Å². The number of aliphatic carboxylic acids is 1. The summed E-state index contributed by atoms with van der Waals surface area (Å²) in [4.78, 5) is 38.5. The number of nitrogens with one attached hydrogen (secondary N) is 1. The van der Waals surface area contributed by atoms with Crippen LogP contribution in [0.4, 0.5) is 4.79 Å². The van der Waals surface area contributed by atoms with Crippen LogP contribution in [0.25, 0.3) is 0 Å². The quantitative estimate of drug-likeness (QED) is 0.783. The standard InChI is InChI=1S/C13H23N3O4/c1-8(2)9(10(17)18)14-12(20)16-7-6-15(5)11(19)13(16,3)4/h8-9H,6-7H2,1-5H3,(H,14,20)(H,17,18)/t9-/m0/s1. The predicted molar refractivity (Wildman–Crippen MR) is 73.2 cm³/mol. The van der Waals surface area contributed by atoms with Crippen molar-refractivity contribution in [2.75, 3.05) is 20.1 Å². The van der Waals surface area contributed by atoms with Crippen LogP contribution in [0.2, 0.25) is 0 Å². The summed E-state index contributed by atoms with van der Waals surface area (Å²) in [7, 11) is 1.69. The maximum atomic E-state index is 12.3. The number of carbonyl (C=O) groups is 3. The summed E-state index contributed by atoms with van der Waals surface area (Å²) in [5.41, 5.74) is -0.975. The number of hydrogen-bond donors (Lipinski definition) is 2. The molecule has 0 bridgehead atoms. The number of carboxylic acid groups (broad SMARTS) is 1. The third-order valence-corrected chi connectivity index (χ3v) is 3.66. The Morgan fingerprint density at radius 2 is 1.85 bits per heavy atom. The smallest absolute Gasteiger partial charge is 0.326 e. The first-order valence-electron chi connectivity index (χ1n) is 6.65. The zero-order valence-corrected chi connectivity index (χ0v) is 12.6. The molecule has 1 rings (SSSR count). The fourth-order valence-corrected chi connectivity index (χ4v) is 2.29. The lowest BCUT2D eigenvalue weighted by Gasteiger charge is -2.44. The van der Waals surface area contributed by atoms with Crippen molar-refractivity contribution >= 4 is 17.9 Å². The van der Waals surface area contributed by atoms with Gasteiger partial charge in [0.15, 0.2) is 0 Å². The number of urea groups is 1. The zero-order chi connectivity index (χ0) is 15.7. The molecule has 0 spiro atoms. The fourth-order valence-electron chi connectivity index (χ4n) is 2.29. The molecule has 114 valence electrons. The van der Waals surface area contributed by atoms with Crippen LogP contribution in [0.3, 0.4) is 0 Å². The van der Waals surface area contributed by atoms with Crippen molar-refractivity contribution in [1.29, 1.82) is 0 Å². The Hall–Kier alpha value is -1.79. The normalized spacial score (nSPS) is 20.0. The van der Waals surface area contributed by atoms with E-state index in [0.717, 1.165) is 0 Å². The first-order valence-corrected chi connectivity index (χ1v) is 6.65. The van der Waals surface area contributed by atoms with Crippen LogP contribution in [-0.2, 0) is 9.59 Å². The fraction of sp³-hybridized carbons (Fsp3) is 0.769. The molecule has 0 aromatic carbocycles. The molecule has 0 aromatic heterocycles. The van der Waals surface area contributed by atoms with Crippen LogP contribution in [0.1, 0.15) is 27.7 Å². The highest BCUT2D eigenvalue weighted by molar-refractivity contribution is 5.92. The minimum absolute atomic E-state index is 0.157.